The molecular weight excluding hydrogens is 412 g/mol. The van der Waals surface area contributed by atoms with Crippen molar-refractivity contribution < 1.29 is 22.7 Å². The Morgan fingerprint density at radius 3 is 2.41 bits per heavy atom. The molecule has 0 heterocycles. The fraction of sp³-hybridized carbons (Fsp3) is 0.350. The maximum Gasteiger partial charge on any atom is 0.253 e. The van der Waals surface area contributed by atoms with E-state index in [1.54, 1.807) is 29.8 Å². The first-order valence-electron chi connectivity index (χ1n) is 8.87. The SMILES string of the molecule is COCCNS(=O)(=O)c1cc(C(=O)N(C)Cc2ccc(SC)cc2)ccc1OC. The molecule has 2 aromatic carbocycles. The predicted octanol–water partition coefficient (Wildman–Crippen LogP) is 2.61. The first-order valence-corrected chi connectivity index (χ1v) is 11.6. The van der Waals surface area contributed by atoms with E-state index in [1.165, 1.54) is 26.4 Å². The highest BCUT2D eigenvalue weighted by atomic mass is 32.2. The van der Waals surface area contributed by atoms with E-state index in [1.807, 2.05) is 30.5 Å². The Morgan fingerprint density at radius 2 is 1.83 bits per heavy atom. The molecule has 0 aromatic heterocycles. The van der Waals surface area contributed by atoms with Gasteiger partial charge >= 0.3 is 0 Å². The lowest BCUT2D eigenvalue weighted by Gasteiger charge is -2.19. The number of rotatable bonds is 10. The molecule has 0 aliphatic rings. The van der Waals surface area contributed by atoms with Gasteiger partial charge in [-0.1, -0.05) is 12.1 Å². The number of carbonyl (C=O) groups excluding carboxylic acids is 1. The number of nitrogens with zero attached hydrogens (tertiary/aromatic N) is 1. The first kappa shape index (κ1) is 23.2. The van der Waals surface area contributed by atoms with E-state index >= 15 is 0 Å². The normalized spacial score (nSPS) is 11.3. The topological polar surface area (TPSA) is 84.9 Å². The molecule has 0 saturated heterocycles. The van der Waals surface area contributed by atoms with Gasteiger partial charge in [-0.25, -0.2) is 13.1 Å². The lowest BCUT2D eigenvalue weighted by atomic mass is 10.1. The van der Waals surface area contributed by atoms with Gasteiger partial charge < -0.3 is 14.4 Å². The van der Waals surface area contributed by atoms with Crippen molar-refractivity contribution in [1.29, 1.82) is 0 Å². The number of benzene rings is 2. The number of hydrogen-bond donors (Lipinski definition) is 1. The van der Waals surface area contributed by atoms with Gasteiger partial charge in [-0.2, -0.15) is 0 Å². The van der Waals surface area contributed by atoms with Gasteiger partial charge in [-0.3, -0.25) is 4.79 Å². The molecule has 0 spiro atoms. The third-order valence-electron chi connectivity index (χ3n) is 4.22. The number of ether oxygens (including phenoxy) is 2. The first-order chi connectivity index (χ1) is 13.8. The summed E-state index contributed by atoms with van der Waals surface area (Å²) in [7, 11) is 0.698. The molecule has 1 N–H and O–H groups in total. The van der Waals surface area contributed by atoms with Crippen LogP contribution in [0.3, 0.4) is 0 Å². The molecule has 0 radical (unpaired) electrons. The Kier molecular flexibility index (Phi) is 8.51. The van der Waals surface area contributed by atoms with E-state index in [9.17, 15) is 13.2 Å². The van der Waals surface area contributed by atoms with Crippen molar-refractivity contribution in [2.24, 2.45) is 0 Å². The van der Waals surface area contributed by atoms with Crippen LogP contribution in [0.25, 0.3) is 0 Å². The molecule has 0 aliphatic heterocycles. The molecule has 2 aromatic rings. The standard InChI is InChI=1S/C20H26N2O5S2/c1-22(14-15-5-8-17(28-4)9-6-15)20(23)16-7-10-18(27-3)19(13-16)29(24,25)21-11-12-26-2/h5-10,13,21H,11-12,14H2,1-4H3. The summed E-state index contributed by atoms with van der Waals surface area (Å²) in [5.74, 6) is -0.114. The third-order valence-corrected chi connectivity index (χ3v) is 6.45. The van der Waals surface area contributed by atoms with Crippen LogP contribution in [0.1, 0.15) is 15.9 Å². The van der Waals surface area contributed by atoms with Crippen LogP contribution in [0.2, 0.25) is 0 Å². The zero-order valence-corrected chi connectivity index (χ0v) is 18.6. The summed E-state index contributed by atoms with van der Waals surface area (Å²) in [6, 6.07) is 12.3. The van der Waals surface area contributed by atoms with Crippen molar-refractivity contribution in [2.75, 3.05) is 40.7 Å². The smallest absolute Gasteiger partial charge is 0.253 e. The van der Waals surface area contributed by atoms with E-state index in [-0.39, 0.29) is 35.3 Å². The van der Waals surface area contributed by atoms with Gasteiger partial charge in [0, 0.05) is 37.7 Å². The highest BCUT2D eigenvalue weighted by molar-refractivity contribution is 7.98. The molecule has 2 rings (SSSR count). The van der Waals surface area contributed by atoms with Gasteiger partial charge in [0.15, 0.2) is 0 Å². The van der Waals surface area contributed by atoms with Crippen LogP contribution < -0.4 is 9.46 Å². The molecule has 0 aliphatic carbocycles. The quantitative estimate of drug-likeness (QED) is 0.453. The van der Waals surface area contributed by atoms with E-state index < -0.39 is 10.0 Å². The van der Waals surface area contributed by atoms with Gasteiger partial charge in [0.2, 0.25) is 10.0 Å². The zero-order valence-electron chi connectivity index (χ0n) is 17.0. The summed E-state index contributed by atoms with van der Waals surface area (Å²) in [6.45, 7) is 0.762. The third kappa shape index (κ3) is 6.20. The largest absolute Gasteiger partial charge is 0.495 e. The molecule has 9 heteroatoms. The highest BCUT2D eigenvalue weighted by Gasteiger charge is 2.22. The van der Waals surface area contributed by atoms with Crippen LogP contribution >= 0.6 is 11.8 Å². The van der Waals surface area contributed by atoms with E-state index in [0.29, 0.717) is 6.54 Å². The van der Waals surface area contributed by atoms with E-state index in [4.69, 9.17) is 9.47 Å². The maximum absolute atomic E-state index is 12.9. The molecule has 29 heavy (non-hydrogen) atoms. The number of nitrogens with one attached hydrogen (secondary N) is 1. The van der Waals surface area contributed by atoms with Gasteiger partial charge in [0.25, 0.3) is 5.91 Å². The molecule has 7 nitrogen and oxygen atoms in total. The number of sulfonamides is 1. The lowest BCUT2D eigenvalue weighted by Crippen LogP contribution is -2.29. The second-order valence-corrected chi connectivity index (χ2v) is 8.88. The molecular formula is C20H26N2O5S2. The molecule has 0 saturated carbocycles. The summed E-state index contributed by atoms with van der Waals surface area (Å²) in [5, 5.41) is 0. The van der Waals surface area contributed by atoms with Crippen LogP contribution in [0.15, 0.2) is 52.3 Å². The maximum atomic E-state index is 12.9. The Labute approximate surface area is 176 Å². The molecule has 0 unspecified atom stereocenters. The number of methoxy groups -OCH3 is 2. The van der Waals surface area contributed by atoms with Crippen LogP contribution in [0.4, 0.5) is 0 Å². The number of carbonyl (C=O) groups is 1. The molecule has 0 atom stereocenters. The molecule has 1 amide bonds. The number of thioether (sulfide) groups is 1. The second kappa shape index (κ2) is 10.6. The van der Waals surface area contributed by atoms with E-state index in [2.05, 4.69) is 4.72 Å². The van der Waals surface area contributed by atoms with E-state index in [0.717, 1.165) is 10.5 Å². The minimum Gasteiger partial charge on any atom is -0.495 e. The average Bonchev–Trinajstić information content (AvgIpc) is 2.73. The summed E-state index contributed by atoms with van der Waals surface area (Å²) >= 11 is 1.65. The lowest BCUT2D eigenvalue weighted by molar-refractivity contribution is 0.0784. The molecule has 0 fully saturated rings. The van der Waals surface area contributed by atoms with Crippen molar-refractivity contribution in [3.8, 4) is 5.75 Å². The Balaban J connectivity index is 2.23. The van der Waals surface area contributed by atoms with Crippen molar-refractivity contribution in [1.82, 2.24) is 9.62 Å². The Hall–Kier alpha value is -2.07. The summed E-state index contributed by atoms with van der Waals surface area (Å²) in [5.41, 5.74) is 1.25. The summed E-state index contributed by atoms with van der Waals surface area (Å²) < 4.78 is 37.7. The predicted molar refractivity (Wildman–Crippen MR) is 114 cm³/mol. The summed E-state index contributed by atoms with van der Waals surface area (Å²) in [4.78, 5) is 15.5. The monoisotopic (exact) mass is 438 g/mol. The van der Waals surface area contributed by atoms with Crippen molar-refractivity contribution in [3.63, 3.8) is 0 Å². The van der Waals surface area contributed by atoms with Crippen molar-refractivity contribution >= 4 is 27.7 Å². The van der Waals surface area contributed by atoms with Gasteiger partial charge in [0.05, 0.1) is 13.7 Å². The number of hydrogen-bond acceptors (Lipinski definition) is 6. The molecule has 158 valence electrons. The van der Waals surface area contributed by atoms with Crippen LogP contribution in [-0.4, -0.2) is 59.9 Å². The van der Waals surface area contributed by atoms with Crippen molar-refractivity contribution in [2.45, 2.75) is 16.3 Å². The Bertz CT molecular complexity index is 930. The number of amides is 1. The van der Waals surface area contributed by atoms with Gasteiger partial charge in [-0.05, 0) is 42.2 Å². The van der Waals surface area contributed by atoms with Crippen molar-refractivity contribution in [3.05, 3.63) is 53.6 Å². The fourth-order valence-electron chi connectivity index (χ4n) is 2.67. The average molecular weight is 439 g/mol. The van der Waals surface area contributed by atoms with Gasteiger partial charge in [-0.15, -0.1) is 11.8 Å². The van der Waals surface area contributed by atoms with Crippen LogP contribution in [0, 0.1) is 0 Å². The van der Waals surface area contributed by atoms with Gasteiger partial charge in [0.1, 0.15) is 10.6 Å². The minimum absolute atomic E-state index is 0.0836. The highest BCUT2D eigenvalue weighted by Crippen LogP contribution is 2.25. The van der Waals surface area contributed by atoms with Crippen LogP contribution in [0.5, 0.6) is 5.75 Å². The minimum atomic E-state index is -3.85. The van der Waals surface area contributed by atoms with Crippen LogP contribution in [-0.2, 0) is 21.3 Å². The Morgan fingerprint density at radius 1 is 1.14 bits per heavy atom. The fourth-order valence-corrected chi connectivity index (χ4v) is 4.29. The second-order valence-electron chi connectivity index (χ2n) is 6.27. The summed E-state index contributed by atoms with van der Waals surface area (Å²) in [6.07, 6.45) is 2.00. The molecule has 0 bridgehead atoms. The zero-order chi connectivity index (χ0) is 21.4.